The standard InChI is InChI=1S/C40H58O8/c1-11-24(9)33(41)31-37(45)27(19-17-22(5)6)35(43)29(39(31)47)26(16-14-13-15-21(3)4)30-36(44)28(20-18-23(7)8)38(46)32(40(30)48)34(42)25(10)12-2/h17-18,21,24-26,43-48H,11-16,19-20H2,1-10H3/t24-,25-/m1/s1. The van der Waals surface area contributed by atoms with Gasteiger partial charge in [0.1, 0.15) is 45.6 Å². The molecule has 6 N–H and O–H groups in total. The molecule has 0 radical (unpaired) electrons. The molecule has 2 aromatic carbocycles. The lowest BCUT2D eigenvalue weighted by Crippen LogP contribution is -2.16. The molecule has 8 nitrogen and oxygen atoms in total. The Kier molecular flexibility index (Phi) is 14.6. The van der Waals surface area contributed by atoms with Crippen molar-refractivity contribution in [2.45, 2.75) is 127 Å². The number of hydrogen-bond donors (Lipinski definition) is 6. The zero-order chi connectivity index (χ0) is 36.6. The molecule has 0 aromatic heterocycles. The fourth-order valence-electron chi connectivity index (χ4n) is 5.89. The number of Topliss-reactive ketones (excluding diaryl/α,β-unsaturated/α-hetero) is 2. The van der Waals surface area contributed by atoms with Crippen molar-refractivity contribution in [2.75, 3.05) is 0 Å². The Hall–Kier alpha value is -3.94. The smallest absolute Gasteiger partial charge is 0.173 e. The van der Waals surface area contributed by atoms with Gasteiger partial charge in [-0.25, -0.2) is 0 Å². The maximum absolute atomic E-state index is 13.7. The minimum absolute atomic E-state index is 0.0289. The highest BCUT2D eigenvalue weighted by Crippen LogP contribution is 2.55. The van der Waals surface area contributed by atoms with Crippen LogP contribution in [0.15, 0.2) is 23.3 Å². The Bertz CT molecular complexity index is 1430. The Morgan fingerprint density at radius 2 is 0.917 bits per heavy atom. The Labute approximate surface area is 286 Å². The number of aromatic hydroxyl groups is 6. The predicted octanol–water partition coefficient (Wildman–Crippen LogP) is 9.74. The predicted molar refractivity (Wildman–Crippen MR) is 192 cm³/mol. The van der Waals surface area contributed by atoms with E-state index < -0.39 is 63.8 Å². The number of unbranched alkanes of at least 4 members (excludes halogenated alkanes) is 1. The van der Waals surface area contributed by atoms with Gasteiger partial charge in [0.05, 0.1) is 0 Å². The van der Waals surface area contributed by atoms with Crippen LogP contribution in [0.25, 0.3) is 0 Å². The minimum atomic E-state index is -1.12. The first-order valence-corrected chi connectivity index (χ1v) is 17.4. The Morgan fingerprint density at radius 3 is 1.23 bits per heavy atom. The molecular weight excluding hydrogens is 608 g/mol. The molecule has 2 atom stereocenters. The van der Waals surface area contributed by atoms with Crippen molar-refractivity contribution in [1.82, 2.24) is 0 Å². The topological polar surface area (TPSA) is 156 Å². The van der Waals surface area contributed by atoms with Crippen LogP contribution in [0.2, 0.25) is 0 Å². The van der Waals surface area contributed by atoms with E-state index in [9.17, 15) is 40.2 Å². The average molecular weight is 667 g/mol. The largest absolute Gasteiger partial charge is 0.507 e. The van der Waals surface area contributed by atoms with Gasteiger partial charge in [-0.2, -0.15) is 0 Å². The van der Waals surface area contributed by atoms with Crippen LogP contribution >= 0.6 is 0 Å². The van der Waals surface area contributed by atoms with Crippen molar-refractivity contribution in [1.29, 1.82) is 0 Å². The number of phenolic OH excluding ortho intramolecular Hbond substituents is 6. The fraction of sp³-hybridized carbons (Fsp3) is 0.550. The quantitative estimate of drug-likeness (QED) is 0.0554. The molecule has 8 heteroatoms. The zero-order valence-electron chi connectivity index (χ0n) is 30.6. The second kappa shape index (κ2) is 17.5. The van der Waals surface area contributed by atoms with Gasteiger partial charge in [0.15, 0.2) is 11.6 Å². The molecule has 0 spiro atoms. The van der Waals surface area contributed by atoms with E-state index in [-0.39, 0.29) is 52.6 Å². The Balaban J connectivity index is 3.22. The minimum Gasteiger partial charge on any atom is -0.507 e. The van der Waals surface area contributed by atoms with Crippen LogP contribution in [-0.4, -0.2) is 42.2 Å². The van der Waals surface area contributed by atoms with Gasteiger partial charge >= 0.3 is 0 Å². The summed E-state index contributed by atoms with van der Waals surface area (Å²) >= 11 is 0. The van der Waals surface area contributed by atoms with Crippen LogP contribution in [-0.2, 0) is 12.8 Å². The van der Waals surface area contributed by atoms with Gasteiger partial charge in [-0.3, -0.25) is 9.59 Å². The zero-order valence-corrected chi connectivity index (χ0v) is 30.6. The third kappa shape index (κ3) is 8.94. The number of carbonyl (C=O) groups is 2. The van der Waals surface area contributed by atoms with Crippen molar-refractivity contribution in [3.05, 3.63) is 56.7 Å². The number of hydrogen-bond acceptors (Lipinski definition) is 8. The summed E-state index contributed by atoms with van der Waals surface area (Å²) in [5.74, 6) is -6.14. The number of carbonyl (C=O) groups excluding carboxylic acids is 2. The molecule has 0 amide bonds. The van der Waals surface area contributed by atoms with Gasteiger partial charge < -0.3 is 30.6 Å². The second-order valence-corrected chi connectivity index (χ2v) is 14.2. The van der Waals surface area contributed by atoms with Crippen molar-refractivity contribution in [2.24, 2.45) is 17.8 Å². The van der Waals surface area contributed by atoms with Crippen LogP contribution in [0.3, 0.4) is 0 Å². The molecule has 48 heavy (non-hydrogen) atoms. The van der Waals surface area contributed by atoms with Gasteiger partial charge in [0, 0.05) is 40.0 Å². The molecule has 0 aliphatic rings. The van der Waals surface area contributed by atoms with E-state index >= 15 is 0 Å². The second-order valence-electron chi connectivity index (χ2n) is 14.2. The number of ketones is 2. The summed E-state index contributed by atoms with van der Waals surface area (Å²) in [6.45, 7) is 18.6. The summed E-state index contributed by atoms with van der Waals surface area (Å²) < 4.78 is 0. The summed E-state index contributed by atoms with van der Waals surface area (Å²) in [7, 11) is 0. The van der Waals surface area contributed by atoms with Gasteiger partial charge in [-0.05, 0) is 65.7 Å². The van der Waals surface area contributed by atoms with E-state index in [4.69, 9.17) is 0 Å². The molecule has 266 valence electrons. The molecule has 0 fully saturated rings. The molecular formula is C40H58O8. The van der Waals surface area contributed by atoms with Gasteiger partial charge in [0.2, 0.25) is 0 Å². The molecule has 2 rings (SSSR count). The summed E-state index contributed by atoms with van der Waals surface area (Å²) in [6, 6.07) is 0. The highest BCUT2D eigenvalue weighted by Gasteiger charge is 2.38. The third-order valence-electron chi connectivity index (χ3n) is 9.37. The van der Waals surface area contributed by atoms with Crippen LogP contribution in [0.1, 0.15) is 157 Å². The van der Waals surface area contributed by atoms with Gasteiger partial charge in [-0.1, -0.05) is 84.1 Å². The van der Waals surface area contributed by atoms with Crippen LogP contribution in [0.4, 0.5) is 0 Å². The summed E-state index contributed by atoms with van der Waals surface area (Å²) in [5, 5.41) is 70.3. The van der Waals surface area contributed by atoms with Crippen molar-refractivity contribution >= 4 is 11.6 Å². The van der Waals surface area contributed by atoms with Gasteiger partial charge in [-0.15, -0.1) is 0 Å². The first kappa shape index (κ1) is 40.2. The normalized spacial score (nSPS) is 12.7. The van der Waals surface area contributed by atoms with Gasteiger partial charge in [0.25, 0.3) is 0 Å². The Morgan fingerprint density at radius 1 is 0.562 bits per heavy atom. The maximum atomic E-state index is 13.7. The highest BCUT2D eigenvalue weighted by atomic mass is 16.3. The first-order valence-electron chi connectivity index (χ1n) is 17.4. The van der Waals surface area contributed by atoms with E-state index in [1.54, 1.807) is 26.0 Å². The van der Waals surface area contributed by atoms with Crippen molar-refractivity contribution < 1.29 is 40.2 Å². The van der Waals surface area contributed by atoms with E-state index in [2.05, 4.69) is 13.8 Å². The molecule has 0 heterocycles. The van der Waals surface area contributed by atoms with Crippen LogP contribution in [0, 0.1) is 17.8 Å². The van der Waals surface area contributed by atoms with E-state index in [0.29, 0.717) is 25.2 Å². The average Bonchev–Trinajstić information content (AvgIpc) is 3.01. The molecule has 0 aliphatic carbocycles. The van der Waals surface area contributed by atoms with E-state index in [1.807, 2.05) is 41.5 Å². The molecule has 0 aliphatic heterocycles. The van der Waals surface area contributed by atoms with Crippen molar-refractivity contribution in [3.8, 4) is 34.5 Å². The molecule has 0 bridgehead atoms. The van der Waals surface area contributed by atoms with Crippen LogP contribution < -0.4 is 0 Å². The van der Waals surface area contributed by atoms with E-state index in [0.717, 1.165) is 24.0 Å². The number of benzene rings is 2. The maximum Gasteiger partial charge on any atom is 0.173 e. The lowest BCUT2D eigenvalue weighted by atomic mass is 9.78. The molecule has 0 saturated heterocycles. The number of rotatable bonds is 17. The highest BCUT2D eigenvalue weighted by molar-refractivity contribution is 6.05. The van der Waals surface area contributed by atoms with Crippen LogP contribution in [0.5, 0.6) is 34.5 Å². The first-order chi connectivity index (χ1) is 22.4. The lowest BCUT2D eigenvalue weighted by molar-refractivity contribution is 0.0913. The van der Waals surface area contributed by atoms with E-state index in [1.165, 1.54) is 0 Å². The van der Waals surface area contributed by atoms with Crippen molar-refractivity contribution in [3.63, 3.8) is 0 Å². The third-order valence-corrected chi connectivity index (χ3v) is 9.37. The fourth-order valence-corrected chi connectivity index (χ4v) is 5.89. The number of allylic oxidation sites excluding steroid dienone is 4. The molecule has 0 unspecified atom stereocenters. The monoisotopic (exact) mass is 666 g/mol. The summed E-state index contributed by atoms with van der Waals surface area (Å²) in [5.41, 5.74) is 0.922. The number of phenols is 6. The molecule has 0 saturated carbocycles. The molecule has 2 aromatic rings. The summed E-state index contributed by atoms with van der Waals surface area (Å²) in [6.07, 6.45) is 6.88. The SMILES string of the molecule is CC[C@@H](C)C(=O)c1c(O)c(CC=C(C)C)c(O)c(C(CCCCC(C)C)c2c(O)c(CC=C(C)C)c(O)c(C(=O)[C@H](C)CC)c2O)c1O. The lowest BCUT2D eigenvalue weighted by Gasteiger charge is -2.28. The summed E-state index contributed by atoms with van der Waals surface area (Å²) in [4.78, 5) is 27.4.